The summed E-state index contributed by atoms with van der Waals surface area (Å²) in [6.07, 6.45) is 4.99. The van der Waals surface area contributed by atoms with Crippen LogP contribution in [0, 0.1) is 0 Å². The molecule has 21 heavy (non-hydrogen) atoms. The van der Waals surface area contributed by atoms with Gasteiger partial charge in [-0.3, -0.25) is 9.78 Å². The molecule has 0 saturated heterocycles. The van der Waals surface area contributed by atoms with E-state index in [9.17, 15) is 9.59 Å². The second-order valence-corrected chi connectivity index (χ2v) is 4.75. The molecule has 0 bridgehead atoms. The van der Waals surface area contributed by atoms with Crippen molar-refractivity contribution in [2.45, 2.75) is 19.0 Å². The first-order valence-corrected chi connectivity index (χ1v) is 6.50. The third kappa shape index (κ3) is 2.37. The lowest BCUT2D eigenvalue weighted by Crippen LogP contribution is -2.49. The molecule has 1 atom stereocenters. The third-order valence-corrected chi connectivity index (χ3v) is 3.54. The van der Waals surface area contributed by atoms with Gasteiger partial charge in [-0.25, -0.2) is 9.78 Å². The van der Waals surface area contributed by atoms with E-state index in [2.05, 4.69) is 15.0 Å². The number of carbonyl (C=O) groups is 2. The average molecular weight is 286 g/mol. The smallest absolute Gasteiger partial charge is 0.329 e. The highest BCUT2D eigenvalue weighted by Crippen LogP contribution is 2.23. The van der Waals surface area contributed by atoms with Gasteiger partial charge in [0.1, 0.15) is 6.04 Å². The van der Waals surface area contributed by atoms with Gasteiger partial charge in [-0.05, 0) is 12.1 Å². The number of H-pyrrole nitrogens is 1. The van der Waals surface area contributed by atoms with Crippen LogP contribution in [0.3, 0.4) is 0 Å². The summed E-state index contributed by atoms with van der Waals surface area (Å²) in [6, 6.07) is 2.69. The van der Waals surface area contributed by atoms with Gasteiger partial charge in [0, 0.05) is 18.8 Å². The Balaban J connectivity index is 1.94. The van der Waals surface area contributed by atoms with Crippen LogP contribution in [-0.4, -0.2) is 44.9 Å². The first-order chi connectivity index (χ1) is 10.2. The number of hydrogen-bond donors (Lipinski definition) is 1. The second-order valence-electron chi connectivity index (χ2n) is 4.75. The molecule has 1 unspecified atom stereocenters. The molecular formula is C14H14N4O3. The minimum absolute atomic E-state index is 0.251. The number of fused-ring (bicyclic) bond motifs is 1. The highest BCUT2D eigenvalue weighted by atomic mass is 16.5. The number of nitrogens with zero attached hydrogens (tertiary/aromatic N) is 3. The predicted molar refractivity (Wildman–Crippen MR) is 72.2 cm³/mol. The van der Waals surface area contributed by atoms with Crippen molar-refractivity contribution in [1.82, 2.24) is 19.9 Å². The quantitative estimate of drug-likeness (QED) is 0.814. The fourth-order valence-corrected chi connectivity index (χ4v) is 2.45. The first-order valence-electron chi connectivity index (χ1n) is 6.50. The van der Waals surface area contributed by atoms with E-state index in [0.29, 0.717) is 18.5 Å². The molecule has 1 aliphatic rings. The van der Waals surface area contributed by atoms with Crippen molar-refractivity contribution in [2.24, 2.45) is 0 Å². The number of amides is 1. The Hall–Kier alpha value is -2.70. The summed E-state index contributed by atoms with van der Waals surface area (Å²) in [4.78, 5) is 37.2. The number of carbonyl (C=O) groups excluding carboxylic acids is 2. The number of hydrogen-bond acceptors (Lipinski definition) is 5. The molecule has 7 heteroatoms. The predicted octanol–water partition coefficient (Wildman–Crippen LogP) is 0.545. The molecule has 0 radical (unpaired) electrons. The van der Waals surface area contributed by atoms with Crippen LogP contribution in [0.5, 0.6) is 0 Å². The number of imidazole rings is 1. The van der Waals surface area contributed by atoms with Crippen LogP contribution in [0.4, 0.5) is 0 Å². The fraction of sp³-hybridized carbons (Fsp3) is 0.286. The highest BCUT2D eigenvalue weighted by molar-refractivity contribution is 5.96. The molecule has 0 aliphatic carbocycles. The maximum atomic E-state index is 12.6. The van der Waals surface area contributed by atoms with E-state index in [4.69, 9.17) is 4.74 Å². The summed E-state index contributed by atoms with van der Waals surface area (Å²) in [5.41, 5.74) is 2.07. The average Bonchev–Trinajstić information content (AvgIpc) is 3.00. The molecule has 2 aromatic rings. The molecule has 1 amide bonds. The van der Waals surface area contributed by atoms with Crippen molar-refractivity contribution < 1.29 is 14.3 Å². The van der Waals surface area contributed by atoms with Crippen LogP contribution in [0.2, 0.25) is 0 Å². The van der Waals surface area contributed by atoms with E-state index in [-0.39, 0.29) is 5.91 Å². The van der Waals surface area contributed by atoms with Gasteiger partial charge < -0.3 is 14.6 Å². The van der Waals surface area contributed by atoms with Crippen LogP contribution >= 0.6 is 0 Å². The Morgan fingerprint density at radius 3 is 3.05 bits per heavy atom. The maximum Gasteiger partial charge on any atom is 0.329 e. The zero-order chi connectivity index (χ0) is 14.8. The molecule has 1 N–H and O–H groups in total. The number of aromatic amines is 1. The van der Waals surface area contributed by atoms with Crippen molar-refractivity contribution in [3.63, 3.8) is 0 Å². The molecule has 7 nitrogen and oxygen atoms in total. The molecule has 0 fully saturated rings. The second kappa shape index (κ2) is 5.35. The fourth-order valence-electron chi connectivity index (χ4n) is 2.45. The minimum atomic E-state index is -0.668. The zero-order valence-corrected chi connectivity index (χ0v) is 11.4. The van der Waals surface area contributed by atoms with Crippen LogP contribution in [0.15, 0.2) is 30.9 Å². The van der Waals surface area contributed by atoms with Crippen molar-refractivity contribution in [3.8, 4) is 0 Å². The number of pyridine rings is 1. The standard InChI is InChI=1S/C14H14N4O3/c1-21-14(20)12-5-10-11(17-8-16-10)7-18(12)13(19)9-3-2-4-15-6-9/h2-4,6,8,12H,5,7H2,1H3,(H,16,17). The Morgan fingerprint density at radius 2 is 2.33 bits per heavy atom. The van der Waals surface area contributed by atoms with Crippen LogP contribution in [0.1, 0.15) is 21.7 Å². The maximum absolute atomic E-state index is 12.6. The van der Waals surface area contributed by atoms with E-state index in [1.54, 1.807) is 24.7 Å². The summed E-state index contributed by atoms with van der Waals surface area (Å²) in [6.45, 7) is 0.294. The van der Waals surface area contributed by atoms with Crippen molar-refractivity contribution in [3.05, 3.63) is 47.8 Å². The molecule has 2 aromatic heterocycles. The lowest BCUT2D eigenvalue weighted by Gasteiger charge is -2.33. The highest BCUT2D eigenvalue weighted by Gasteiger charge is 2.37. The topological polar surface area (TPSA) is 88.2 Å². The summed E-state index contributed by atoms with van der Waals surface area (Å²) in [5.74, 6) is -0.695. The Labute approximate surface area is 121 Å². The Kier molecular flexibility index (Phi) is 3.39. The number of methoxy groups -OCH3 is 1. The molecule has 0 spiro atoms. The summed E-state index contributed by atoms with van der Waals surface area (Å²) >= 11 is 0. The summed E-state index contributed by atoms with van der Waals surface area (Å²) < 4.78 is 4.81. The van der Waals surface area contributed by atoms with Gasteiger partial charge in [0.25, 0.3) is 5.91 Å². The van der Waals surface area contributed by atoms with Gasteiger partial charge in [0.15, 0.2) is 0 Å². The zero-order valence-electron chi connectivity index (χ0n) is 11.4. The Bertz CT molecular complexity index is 668. The van der Waals surface area contributed by atoms with E-state index in [1.807, 2.05) is 0 Å². The van der Waals surface area contributed by atoms with Gasteiger partial charge in [0.2, 0.25) is 0 Å². The van der Waals surface area contributed by atoms with Crippen molar-refractivity contribution in [1.29, 1.82) is 0 Å². The lowest BCUT2D eigenvalue weighted by atomic mass is 10.0. The molecule has 3 heterocycles. The Morgan fingerprint density at radius 1 is 1.48 bits per heavy atom. The first kappa shape index (κ1) is 13.3. The molecular weight excluding hydrogens is 272 g/mol. The largest absolute Gasteiger partial charge is 0.467 e. The van der Waals surface area contributed by atoms with Crippen molar-refractivity contribution >= 4 is 11.9 Å². The van der Waals surface area contributed by atoms with Crippen LogP contribution in [-0.2, 0) is 22.5 Å². The number of rotatable bonds is 2. The molecule has 108 valence electrons. The van der Waals surface area contributed by atoms with E-state index >= 15 is 0 Å². The molecule has 3 rings (SSSR count). The molecule has 0 aromatic carbocycles. The number of nitrogens with one attached hydrogen (secondary N) is 1. The molecule has 0 saturated carbocycles. The van der Waals surface area contributed by atoms with Crippen LogP contribution in [0.25, 0.3) is 0 Å². The minimum Gasteiger partial charge on any atom is -0.467 e. The number of aromatic nitrogens is 3. The van der Waals surface area contributed by atoms with Crippen molar-refractivity contribution in [2.75, 3.05) is 7.11 Å². The SMILES string of the molecule is COC(=O)C1Cc2nc[nH]c2CN1C(=O)c1cccnc1. The normalized spacial score (nSPS) is 17.2. The third-order valence-electron chi connectivity index (χ3n) is 3.54. The van der Waals surface area contributed by atoms with Gasteiger partial charge >= 0.3 is 5.97 Å². The summed E-state index contributed by atoms with van der Waals surface area (Å²) in [7, 11) is 1.31. The lowest BCUT2D eigenvalue weighted by molar-refractivity contribution is -0.146. The summed E-state index contributed by atoms with van der Waals surface area (Å²) in [5, 5.41) is 0. The number of ether oxygens (including phenoxy) is 1. The van der Waals surface area contributed by atoms with Gasteiger partial charge in [-0.2, -0.15) is 0 Å². The monoisotopic (exact) mass is 286 g/mol. The number of esters is 1. The van der Waals surface area contributed by atoms with E-state index in [1.165, 1.54) is 18.2 Å². The van der Waals surface area contributed by atoms with Gasteiger partial charge in [-0.15, -0.1) is 0 Å². The molecule has 1 aliphatic heterocycles. The van der Waals surface area contributed by atoms with E-state index in [0.717, 1.165) is 11.4 Å². The van der Waals surface area contributed by atoms with Gasteiger partial charge in [-0.1, -0.05) is 0 Å². The van der Waals surface area contributed by atoms with E-state index < -0.39 is 12.0 Å². The van der Waals surface area contributed by atoms with Crippen LogP contribution < -0.4 is 0 Å². The van der Waals surface area contributed by atoms with Gasteiger partial charge in [0.05, 0.1) is 36.9 Å².